The highest BCUT2D eigenvalue weighted by molar-refractivity contribution is 6.33. The Hall–Kier alpha value is -0.730. The summed E-state index contributed by atoms with van der Waals surface area (Å²) in [5, 5.41) is 4.52. The van der Waals surface area contributed by atoms with Gasteiger partial charge in [-0.05, 0) is 57.1 Å². The van der Waals surface area contributed by atoms with Gasteiger partial charge in [-0.25, -0.2) is 0 Å². The predicted molar refractivity (Wildman–Crippen MR) is 86.5 cm³/mol. The van der Waals surface area contributed by atoms with E-state index < -0.39 is 0 Å². The molecule has 1 aromatic carbocycles. The van der Waals surface area contributed by atoms with Crippen molar-refractivity contribution in [1.82, 2.24) is 5.32 Å². The van der Waals surface area contributed by atoms with Crippen LogP contribution in [-0.4, -0.2) is 18.6 Å². The van der Waals surface area contributed by atoms with Gasteiger partial charge in [0.05, 0.1) is 10.7 Å². The van der Waals surface area contributed by atoms with Crippen LogP contribution in [-0.2, 0) is 6.54 Å². The van der Waals surface area contributed by atoms with Crippen LogP contribution in [0, 0.1) is 5.92 Å². The molecule has 2 saturated carbocycles. The Bertz CT molecular complexity index is 464. The minimum Gasteiger partial charge on any atom is -0.367 e. The number of hydrogen-bond donors (Lipinski definition) is 1. The van der Waals surface area contributed by atoms with Crippen LogP contribution in [0.1, 0.15) is 45.1 Å². The first-order chi connectivity index (χ1) is 9.65. The van der Waals surface area contributed by atoms with Gasteiger partial charge in [-0.15, -0.1) is 0 Å². The SMILES string of the molecule is CC(C)N(CC1CC1)c1c(Cl)cccc1CNC1CC1. The zero-order valence-corrected chi connectivity index (χ0v) is 13.3. The molecule has 2 aliphatic carbocycles. The number of para-hydroxylation sites is 1. The van der Waals surface area contributed by atoms with E-state index in [1.54, 1.807) is 0 Å². The van der Waals surface area contributed by atoms with Crippen LogP contribution in [0.2, 0.25) is 5.02 Å². The highest BCUT2D eigenvalue weighted by Crippen LogP contribution is 2.37. The van der Waals surface area contributed by atoms with Gasteiger partial charge in [-0.1, -0.05) is 23.7 Å². The molecule has 0 unspecified atom stereocenters. The second-order valence-electron chi connectivity index (χ2n) is 6.59. The summed E-state index contributed by atoms with van der Waals surface area (Å²) in [5.74, 6) is 0.873. The maximum Gasteiger partial charge on any atom is 0.0643 e. The first-order valence-corrected chi connectivity index (χ1v) is 8.30. The molecule has 110 valence electrons. The number of rotatable bonds is 7. The van der Waals surface area contributed by atoms with Crippen molar-refractivity contribution in [1.29, 1.82) is 0 Å². The minimum absolute atomic E-state index is 0.496. The van der Waals surface area contributed by atoms with E-state index in [2.05, 4.69) is 36.2 Å². The third-order valence-corrected chi connectivity index (χ3v) is 4.60. The van der Waals surface area contributed by atoms with Gasteiger partial charge in [0, 0.05) is 25.2 Å². The van der Waals surface area contributed by atoms with E-state index >= 15 is 0 Å². The molecule has 0 spiro atoms. The zero-order chi connectivity index (χ0) is 14.1. The quantitative estimate of drug-likeness (QED) is 0.809. The lowest BCUT2D eigenvalue weighted by Crippen LogP contribution is -2.34. The van der Waals surface area contributed by atoms with E-state index in [9.17, 15) is 0 Å². The van der Waals surface area contributed by atoms with Crippen LogP contribution in [0.3, 0.4) is 0 Å². The Labute approximate surface area is 127 Å². The number of nitrogens with zero attached hydrogens (tertiary/aromatic N) is 1. The van der Waals surface area contributed by atoms with Crippen LogP contribution in [0.25, 0.3) is 0 Å². The molecule has 0 heterocycles. The molecule has 0 saturated heterocycles. The summed E-state index contributed by atoms with van der Waals surface area (Å²) in [6.07, 6.45) is 5.41. The van der Waals surface area contributed by atoms with Gasteiger partial charge in [0.15, 0.2) is 0 Å². The molecule has 0 aromatic heterocycles. The molecule has 1 N–H and O–H groups in total. The molecular weight excluding hydrogens is 268 g/mol. The fourth-order valence-electron chi connectivity index (χ4n) is 2.70. The third-order valence-electron chi connectivity index (χ3n) is 4.29. The number of hydrogen-bond acceptors (Lipinski definition) is 2. The molecule has 2 nitrogen and oxygen atoms in total. The molecule has 3 heteroatoms. The molecule has 2 aliphatic rings. The first-order valence-electron chi connectivity index (χ1n) is 7.92. The lowest BCUT2D eigenvalue weighted by Gasteiger charge is -2.32. The molecule has 3 rings (SSSR count). The van der Waals surface area contributed by atoms with Crippen LogP contribution < -0.4 is 10.2 Å². The Kier molecular flexibility index (Phi) is 4.23. The van der Waals surface area contributed by atoms with E-state index in [1.165, 1.54) is 36.9 Å². The van der Waals surface area contributed by atoms with Crippen molar-refractivity contribution in [3.8, 4) is 0 Å². The highest BCUT2D eigenvalue weighted by Gasteiger charge is 2.28. The summed E-state index contributed by atoms with van der Waals surface area (Å²) in [6, 6.07) is 7.55. The van der Waals surface area contributed by atoms with E-state index in [0.717, 1.165) is 30.1 Å². The molecule has 2 fully saturated rings. The summed E-state index contributed by atoms with van der Waals surface area (Å²) < 4.78 is 0. The minimum atomic E-state index is 0.496. The Morgan fingerprint density at radius 3 is 2.60 bits per heavy atom. The summed E-state index contributed by atoms with van der Waals surface area (Å²) in [7, 11) is 0. The summed E-state index contributed by atoms with van der Waals surface area (Å²) in [4.78, 5) is 2.50. The van der Waals surface area contributed by atoms with E-state index in [1.807, 2.05) is 6.07 Å². The predicted octanol–water partition coefficient (Wildman–Crippen LogP) is 4.22. The van der Waals surface area contributed by atoms with Crippen LogP contribution in [0.4, 0.5) is 5.69 Å². The molecule has 0 radical (unpaired) electrons. The molecule has 0 aliphatic heterocycles. The van der Waals surface area contributed by atoms with Crippen LogP contribution in [0.5, 0.6) is 0 Å². The van der Waals surface area contributed by atoms with E-state index in [4.69, 9.17) is 11.6 Å². The second kappa shape index (κ2) is 5.95. The molecular formula is C17H25ClN2. The zero-order valence-electron chi connectivity index (χ0n) is 12.5. The number of nitrogens with one attached hydrogen (secondary N) is 1. The van der Waals surface area contributed by atoms with Crippen molar-refractivity contribution in [2.75, 3.05) is 11.4 Å². The molecule has 0 bridgehead atoms. The number of benzene rings is 1. The maximum atomic E-state index is 6.53. The van der Waals surface area contributed by atoms with Gasteiger partial charge >= 0.3 is 0 Å². The van der Waals surface area contributed by atoms with E-state index in [-0.39, 0.29) is 0 Å². The van der Waals surface area contributed by atoms with Gasteiger partial charge in [-0.3, -0.25) is 0 Å². The van der Waals surface area contributed by atoms with E-state index in [0.29, 0.717) is 6.04 Å². The van der Waals surface area contributed by atoms with Crippen molar-refractivity contribution in [3.63, 3.8) is 0 Å². The fraction of sp³-hybridized carbons (Fsp3) is 0.647. The van der Waals surface area contributed by atoms with Crippen molar-refractivity contribution in [2.24, 2.45) is 5.92 Å². The summed E-state index contributed by atoms with van der Waals surface area (Å²) >= 11 is 6.53. The topological polar surface area (TPSA) is 15.3 Å². The lowest BCUT2D eigenvalue weighted by molar-refractivity contribution is 0.633. The first kappa shape index (κ1) is 14.2. The number of anilines is 1. The number of halogens is 1. The van der Waals surface area contributed by atoms with Crippen LogP contribution >= 0.6 is 11.6 Å². The molecule has 1 aromatic rings. The fourth-order valence-corrected chi connectivity index (χ4v) is 3.01. The van der Waals surface area contributed by atoms with Crippen molar-refractivity contribution in [3.05, 3.63) is 28.8 Å². The Morgan fingerprint density at radius 2 is 2.00 bits per heavy atom. The summed E-state index contributed by atoms with van der Waals surface area (Å²) in [6.45, 7) is 6.62. The average Bonchev–Trinajstić information content (AvgIpc) is 3.28. The molecule has 20 heavy (non-hydrogen) atoms. The van der Waals surface area contributed by atoms with Gasteiger partial charge in [0.25, 0.3) is 0 Å². The monoisotopic (exact) mass is 292 g/mol. The van der Waals surface area contributed by atoms with Crippen molar-refractivity contribution >= 4 is 17.3 Å². The second-order valence-corrected chi connectivity index (χ2v) is 7.00. The maximum absolute atomic E-state index is 6.53. The molecule has 0 atom stereocenters. The van der Waals surface area contributed by atoms with Gasteiger partial charge in [-0.2, -0.15) is 0 Å². The van der Waals surface area contributed by atoms with Gasteiger partial charge < -0.3 is 10.2 Å². The average molecular weight is 293 g/mol. The summed E-state index contributed by atoms with van der Waals surface area (Å²) in [5.41, 5.74) is 2.60. The Balaban J connectivity index is 1.82. The lowest BCUT2D eigenvalue weighted by atomic mass is 10.1. The normalized spacial score (nSPS) is 18.6. The smallest absolute Gasteiger partial charge is 0.0643 e. The Morgan fingerprint density at radius 1 is 1.25 bits per heavy atom. The van der Waals surface area contributed by atoms with Crippen LogP contribution in [0.15, 0.2) is 18.2 Å². The van der Waals surface area contributed by atoms with Gasteiger partial charge in [0.2, 0.25) is 0 Å². The largest absolute Gasteiger partial charge is 0.367 e. The third kappa shape index (κ3) is 3.48. The van der Waals surface area contributed by atoms with Crippen molar-refractivity contribution in [2.45, 2.75) is 58.2 Å². The van der Waals surface area contributed by atoms with Gasteiger partial charge in [0.1, 0.15) is 0 Å². The standard InChI is InChI=1S/C17H25ClN2/c1-12(2)20(11-13-6-7-13)17-14(4-3-5-16(17)18)10-19-15-8-9-15/h3-5,12-13,15,19H,6-11H2,1-2H3. The molecule has 0 amide bonds. The highest BCUT2D eigenvalue weighted by atomic mass is 35.5. The van der Waals surface area contributed by atoms with Crippen molar-refractivity contribution < 1.29 is 0 Å².